The monoisotopic (exact) mass is 270 g/mol. The van der Waals surface area contributed by atoms with Crippen molar-refractivity contribution in [3.8, 4) is 11.3 Å². The minimum atomic E-state index is -0.855. The van der Waals surface area contributed by atoms with Gasteiger partial charge in [-0.15, -0.1) is 11.3 Å². The molecule has 18 heavy (non-hydrogen) atoms. The summed E-state index contributed by atoms with van der Waals surface area (Å²) in [6.45, 7) is 0. The first kappa shape index (κ1) is 12.4. The number of nitrogen functional groups attached to an aromatic ring is 1. The SMILES string of the molecule is COC(=O)c1scnc1-c1cc(N)c(F)cc1F. The Bertz CT molecular complexity index is 613. The van der Waals surface area contributed by atoms with E-state index in [-0.39, 0.29) is 21.8 Å². The summed E-state index contributed by atoms with van der Waals surface area (Å²) >= 11 is 1.01. The zero-order valence-corrected chi connectivity index (χ0v) is 10.1. The van der Waals surface area contributed by atoms with Crippen LogP contribution >= 0.6 is 11.3 Å². The molecule has 0 spiro atoms. The van der Waals surface area contributed by atoms with Crippen LogP contribution in [0.15, 0.2) is 17.6 Å². The van der Waals surface area contributed by atoms with Crippen LogP contribution in [0.25, 0.3) is 11.3 Å². The zero-order valence-electron chi connectivity index (χ0n) is 9.24. The molecule has 0 aliphatic rings. The topological polar surface area (TPSA) is 65.2 Å². The summed E-state index contributed by atoms with van der Waals surface area (Å²) in [6, 6.07) is 1.76. The highest BCUT2D eigenvalue weighted by Crippen LogP contribution is 2.30. The molecule has 1 aromatic carbocycles. The Hall–Kier alpha value is -2.02. The molecule has 1 heterocycles. The van der Waals surface area contributed by atoms with E-state index < -0.39 is 17.6 Å². The smallest absolute Gasteiger partial charge is 0.350 e. The molecule has 4 nitrogen and oxygen atoms in total. The number of nitrogens with zero attached hydrogens (tertiary/aromatic N) is 1. The highest BCUT2D eigenvalue weighted by Gasteiger charge is 2.20. The van der Waals surface area contributed by atoms with E-state index in [0.29, 0.717) is 6.07 Å². The van der Waals surface area contributed by atoms with Crippen LogP contribution in [0.2, 0.25) is 0 Å². The van der Waals surface area contributed by atoms with Gasteiger partial charge in [0.15, 0.2) is 0 Å². The van der Waals surface area contributed by atoms with E-state index in [9.17, 15) is 13.6 Å². The number of hydrogen-bond acceptors (Lipinski definition) is 5. The lowest BCUT2D eigenvalue weighted by atomic mass is 10.1. The van der Waals surface area contributed by atoms with Crippen LogP contribution in [0, 0.1) is 11.6 Å². The summed E-state index contributed by atoms with van der Waals surface area (Å²) in [5.74, 6) is -2.32. The average molecular weight is 270 g/mol. The number of nitrogens with two attached hydrogens (primary N) is 1. The van der Waals surface area contributed by atoms with E-state index in [1.54, 1.807) is 0 Å². The zero-order chi connectivity index (χ0) is 13.3. The molecule has 0 aliphatic carbocycles. The second-order valence-corrected chi connectivity index (χ2v) is 4.23. The number of benzene rings is 1. The van der Waals surface area contributed by atoms with Crippen molar-refractivity contribution in [1.82, 2.24) is 4.98 Å². The molecule has 2 aromatic rings. The number of hydrogen-bond donors (Lipinski definition) is 1. The van der Waals surface area contributed by atoms with Crippen LogP contribution in [0.1, 0.15) is 9.67 Å². The second-order valence-electron chi connectivity index (χ2n) is 3.38. The van der Waals surface area contributed by atoms with Gasteiger partial charge in [0.1, 0.15) is 16.5 Å². The predicted molar refractivity (Wildman–Crippen MR) is 63.2 cm³/mol. The van der Waals surface area contributed by atoms with Crippen LogP contribution in [0.4, 0.5) is 14.5 Å². The number of esters is 1. The van der Waals surface area contributed by atoms with Crippen molar-refractivity contribution in [2.24, 2.45) is 0 Å². The molecule has 2 N–H and O–H groups in total. The molecule has 0 fully saturated rings. The Balaban J connectivity index is 2.59. The minimum absolute atomic E-state index is 0.0319. The van der Waals surface area contributed by atoms with Crippen molar-refractivity contribution in [1.29, 1.82) is 0 Å². The Morgan fingerprint density at radius 1 is 1.39 bits per heavy atom. The van der Waals surface area contributed by atoms with Crippen molar-refractivity contribution in [3.05, 3.63) is 34.2 Å². The van der Waals surface area contributed by atoms with Gasteiger partial charge < -0.3 is 10.5 Å². The first-order chi connectivity index (χ1) is 8.54. The van der Waals surface area contributed by atoms with Gasteiger partial charge in [-0.1, -0.05) is 0 Å². The summed E-state index contributed by atoms with van der Waals surface area (Å²) in [4.78, 5) is 15.5. The lowest BCUT2D eigenvalue weighted by Crippen LogP contribution is -2.02. The Morgan fingerprint density at radius 2 is 2.11 bits per heavy atom. The van der Waals surface area contributed by atoms with Crippen LogP contribution in [0.3, 0.4) is 0 Å². The summed E-state index contributed by atoms with van der Waals surface area (Å²) in [6.07, 6.45) is 0. The molecule has 2 rings (SSSR count). The van der Waals surface area contributed by atoms with E-state index in [2.05, 4.69) is 9.72 Å². The Kier molecular flexibility index (Phi) is 3.24. The van der Waals surface area contributed by atoms with E-state index in [0.717, 1.165) is 17.4 Å². The molecule has 0 atom stereocenters. The number of anilines is 1. The summed E-state index contributed by atoms with van der Waals surface area (Å²) in [5, 5.41) is 0. The average Bonchev–Trinajstić information content (AvgIpc) is 2.81. The minimum Gasteiger partial charge on any atom is -0.465 e. The van der Waals surface area contributed by atoms with Crippen LogP contribution in [0.5, 0.6) is 0 Å². The maximum atomic E-state index is 13.7. The van der Waals surface area contributed by atoms with Gasteiger partial charge >= 0.3 is 5.97 Å². The van der Waals surface area contributed by atoms with Crippen molar-refractivity contribution in [2.75, 3.05) is 12.8 Å². The maximum Gasteiger partial charge on any atom is 0.350 e. The molecule has 0 saturated heterocycles. The number of rotatable bonds is 2. The molecule has 0 unspecified atom stereocenters. The van der Waals surface area contributed by atoms with Crippen LogP contribution in [-0.2, 0) is 4.74 Å². The third-order valence-corrected chi connectivity index (χ3v) is 3.09. The largest absolute Gasteiger partial charge is 0.465 e. The van der Waals surface area contributed by atoms with Crippen LogP contribution in [-0.4, -0.2) is 18.1 Å². The predicted octanol–water partition coefficient (Wildman–Crippen LogP) is 2.46. The highest BCUT2D eigenvalue weighted by molar-refractivity contribution is 7.12. The fourth-order valence-electron chi connectivity index (χ4n) is 1.42. The fourth-order valence-corrected chi connectivity index (χ4v) is 2.14. The maximum absolute atomic E-state index is 13.7. The molecule has 0 amide bonds. The molecule has 7 heteroatoms. The summed E-state index contributed by atoms with van der Waals surface area (Å²) in [7, 11) is 1.21. The summed E-state index contributed by atoms with van der Waals surface area (Å²) < 4.78 is 31.3. The third-order valence-electron chi connectivity index (χ3n) is 2.28. The molecular formula is C11H8F2N2O2S. The Morgan fingerprint density at radius 3 is 2.78 bits per heavy atom. The van der Waals surface area contributed by atoms with Gasteiger partial charge in [-0.05, 0) is 6.07 Å². The standard InChI is InChI=1S/C11H8F2N2O2S/c1-17-11(16)10-9(15-4-18-10)5-2-8(14)7(13)3-6(5)12/h2-4H,14H2,1H3. The number of carbonyl (C=O) groups is 1. The molecule has 94 valence electrons. The molecule has 0 aliphatic heterocycles. The third kappa shape index (κ3) is 2.04. The first-order valence-electron chi connectivity index (χ1n) is 4.81. The lowest BCUT2D eigenvalue weighted by Gasteiger charge is -2.05. The number of aromatic nitrogens is 1. The molecular weight excluding hydrogens is 262 g/mol. The van der Waals surface area contributed by atoms with E-state index in [1.165, 1.54) is 12.6 Å². The number of methoxy groups -OCH3 is 1. The highest BCUT2D eigenvalue weighted by atomic mass is 32.1. The van der Waals surface area contributed by atoms with Gasteiger partial charge in [0.25, 0.3) is 0 Å². The van der Waals surface area contributed by atoms with E-state index in [4.69, 9.17) is 5.73 Å². The van der Waals surface area contributed by atoms with Gasteiger partial charge in [0.05, 0.1) is 24.0 Å². The molecule has 0 bridgehead atoms. The van der Waals surface area contributed by atoms with Gasteiger partial charge in [0, 0.05) is 11.6 Å². The first-order valence-corrected chi connectivity index (χ1v) is 5.69. The molecule has 1 aromatic heterocycles. The molecule has 0 saturated carbocycles. The van der Waals surface area contributed by atoms with Crippen LogP contribution < -0.4 is 5.73 Å². The van der Waals surface area contributed by atoms with Crippen molar-refractivity contribution in [3.63, 3.8) is 0 Å². The number of thiazole rings is 1. The number of ether oxygens (including phenoxy) is 1. The van der Waals surface area contributed by atoms with Crippen molar-refractivity contribution < 1.29 is 18.3 Å². The molecule has 0 radical (unpaired) electrons. The lowest BCUT2D eigenvalue weighted by molar-refractivity contribution is 0.0607. The van der Waals surface area contributed by atoms with Crippen molar-refractivity contribution >= 4 is 23.0 Å². The Labute approximate surface area is 105 Å². The van der Waals surface area contributed by atoms with Gasteiger partial charge in [0.2, 0.25) is 0 Å². The normalized spacial score (nSPS) is 10.4. The van der Waals surface area contributed by atoms with E-state index >= 15 is 0 Å². The number of carbonyl (C=O) groups excluding carboxylic acids is 1. The van der Waals surface area contributed by atoms with E-state index in [1.807, 2.05) is 0 Å². The van der Waals surface area contributed by atoms with Gasteiger partial charge in [-0.25, -0.2) is 18.6 Å². The second kappa shape index (κ2) is 4.69. The van der Waals surface area contributed by atoms with Gasteiger partial charge in [-0.2, -0.15) is 0 Å². The quantitative estimate of drug-likeness (QED) is 0.672. The van der Waals surface area contributed by atoms with Gasteiger partial charge in [-0.3, -0.25) is 0 Å². The van der Waals surface area contributed by atoms with Crippen molar-refractivity contribution in [2.45, 2.75) is 0 Å². The summed E-state index contributed by atoms with van der Waals surface area (Å²) in [5.41, 5.74) is 6.60. The fraction of sp³-hybridized carbons (Fsp3) is 0.0909. The number of halogens is 2.